The number of allylic oxidation sites excluding steroid dienone is 1. The number of aliphatic imine (C=N–C) groups is 1. The van der Waals surface area contributed by atoms with Crippen molar-refractivity contribution < 1.29 is 29.4 Å². The van der Waals surface area contributed by atoms with E-state index < -0.39 is 41.1 Å². The molecule has 0 bridgehead atoms. The van der Waals surface area contributed by atoms with Gasteiger partial charge in [0.25, 0.3) is 0 Å². The summed E-state index contributed by atoms with van der Waals surface area (Å²) < 4.78 is 5.17. The Morgan fingerprint density at radius 1 is 1.21 bits per heavy atom. The van der Waals surface area contributed by atoms with E-state index in [9.17, 15) is 19.5 Å². The molecule has 2 amide bonds. The van der Waals surface area contributed by atoms with Gasteiger partial charge in [0.1, 0.15) is 6.04 Å². The minimum Gasteiger partial charge on any atom is -0.483 e. The van der Waals surface area contributed by atoms with Crippen molar-refractivity contribution in [2.75, 3.05) is 14.2 Å². The second-order valence-electron chi connectivity index (χ2n) is 7.58. The Balaban J connectivity index is 6.02. The zero-order chi connectivity index (χ0) is 22.1. The molecule has 0 aromatic rings. The molecule has 0 aromatic heterocycles. The summed E-state index contributed by atoms with van der Waals surface area (Å²) in [6.45, 7) is 10.3. The van der Waals surface area contributed by atoms with Gasteiger partial charge in [0, 0.05) is 7.05 Å². The fourth-order valence-electron chi connectivity index (χ4n) is 2.94. The number of nitrogens with one attached hydrogen (secondary N) is 2. The van der Waals surface area contributed by atoms with E-state index in [1.54, 1.807) is 5.48 Å². The number of hydroxylamine groups is 1. The SMILES string of the molecule is C=CCC(C(=O)NO)C(CC(C)C)C(=O)NC(C(=NC)OC)C(C)(C)C(=O)O. The van der Waals surface area contributed by atoms with Gasteiger partial charge in [0.15, 0.2) is 0 Å². The first-order valence-electron chi connectivity index (χ1n) is 9.07. The molecular formula is C19H33N3O6. The normalized spacial score (nSPS) is 15.4. The van der Waals surface area contributed by atoms with Crippen LogP contribution in [0.2, 0.25) is 0 Å². The Kier molecular flexibility index (Phi) is 10.4. The molecule has 0 saturated carbocycles. The molecule has 0 rings (SSSR count). The molecule has 0 spiro atoms. The Hall–Kier alpha value is -2.42. The van der Waals surface area contributed by atoms with Crippen LogP contribution < -0.4 is 10.8 Å². The zero-order valence-electron chi connectivity index (χ0n) is 17.5. The first-order valence-corrected chi connectivity index (χ1v) is 9.07. The largest absolute Gasteiger partial charge is 0.483 e. The number of amides is 2. The molecule has 9 nitrogen and oxygen atoms in total. The number of ether oxygens (including phenoxy) is 1. The molecule has 0 aliphatic heterocycles. The molecule has 3 unspecified atom stereocenters. The van der Waals surface area contributed by atoms with Crippen LogP contribution in [0.1, 0.15) is 40.5 Å². The number of carbonyl (C=O) groups is 3. The summed E-state index contributed by atoms with van der Waals surface area (Å²) in [6, 6.07) is -1.05. The molecule has 160 valence electrons. The third-order valence-electron chi connectivity index (χ3n) is 4.65. The summed E-state index contributed by atoms with van der Waals surface area (Å²) in [5.41, 5.74) is 0.176. The predicted molar refractivity (Wildman–Crippen MR) is 105 cm³/mol. The highest BCUT2D eigenvalue weighted by Gasteiger charge is 2.44. The molecule has 0 fully saturated rings. The molecule has 0 aliphatic rings. The summed E-state index contributed by atoms with van der Waals surface area (Å²) in [4.78, 5) is 40.9. The van der Waals surface area contributed by atoms with Gasteiger partial charge in [-0.2, -0.15) is 0 Å². The van der Waals surface area contributed by atoms with E-state index in [2.05, 4.69) is 16.9 Å². The van der Waals surface area contributed by atoms with Crippen molar-refractivity contribution in [3.8, 4) is 0 Å². The van der Waals surface area contributed by atoms with E-state index in [0.29, 0.717) is 6.42 Å². The Bertz CT molecular complexity index is 600. The van der Waals surface area contributed by atoms with Crippen LogP contribution in [0, 0.1) is 23.2 Å². The molecular weight excluding hydrogens is 366 g/mol. The number of rotatable bonds is 11. The van der Waals surface area contributed by atoms with Crippen molar-refractivity contribution >= 4 is 23.7 Å². The van der Waals surface area contributed by atoms with Crippen molar-refractivity contribution in [3.05, 3.63) is 12.7 Å². The topological polar surface area (TPSA) is 137 Å². The van der Waals surface area contributed by atoms with Gasteiger partial charge in [-0.15, -0.1) is 6.58 Å². The van der Waals surface area contributed by atoms with Gasteiger partial charge < -0.3 is 15.2 Å². The van der Waals surface area contributed by atoms with Crippen molar-refractivity contribution in [2.45, 2.75) is 46.6 Å². The van der Waals surface area contributed by atoms with E-state index in [1.165, 1.54) is 34.1 Å². The second-order valence-corrected chi connectivity index (χ2v) is 7.58. The van der Waals surface area contributed by atoms with E-state index in [-0.39, 0.29) is 18.2 Å². The lowest BCUT2D eigenvalue weighted by atomic mass is 9.80. The fraction of sp³-hybridized carbons (Fsp3) is 0.684. The van der Waals surface area contributed by atoms with E-state index >= 15 is 0 Å². The van der Waals surface area contributed by atoms with Crippen LogP contribution in [0.4, 0.5) is 0 Å². The standard InChI is InChI=1S/C19H33N3O6/c1-8-9-12(16(24)22-27)13(10-11(2)3)15(23)21-14(17(20-6)28-7)19(4,5)18(25)26/h8,11-14,27H,1,9-10H2,2-7H3,(H,21,23)(H,22,24)(H,25,26). The molecule has 28 heavy (non-hydrogen) atoms. The maximum absolute atomic E-state index is 13.1. The summed E-state index contributed by atoms with van der Waals surface area (Å²) in [5, 5.41) is 21.4. The number of methoxy groups -OCH3 is 1. The molecule has 9 heteroatoms. The van der Waals surface area contributed by atoms with Crippen molar-refractivity contribution in [1.82, 2.24) is 10.8 Å². The van der Waals surface area contributed by atoms with Gasteiger partial charge in [0.2, 0.25) is 17.7 Å². The molecule has 0 radical (unpaired) electrons. The third kappa shape index (κ3) is 6.63. The fourth-order valence-corrected chi connectivity index (χ4v) is 2.94. The minimum atomic E-state index is -1.42. The van der Waals surface area contributed by atoms with Gasteiger partial charge >= 0.3 is 5.97 Å². The van der Waals surface area contributed by atoms with E-state index in [1.807, 2.05) is 13.8 Å². The maximum atomic E-state index is 13.1. The second kappa shape index (κ2) is 11.4. The quantitative estimate of drug-likeness (QED) is 0.137. The minimum absolute atomic E-state index is 0.0518. The number of nitrogens with zero attached hydrogens (tertiary/aromatic N) is 1. The Morgan fingerprint density at radius 3 is 2.14 bits per heavy atom. The highest BCUT2D eigenvalue weighted by molar-refractivity contribution is 5.95. The molecule has 3 atom stereocenters. The van der Waals surface area contributed by atoms with Gasteiger partial charge in [-0.05, 0) is 32.6 Å². The number of hydrogen-bond acceptors (Lipinski definition) is 6. The summed E-state index contributed by atoms with van der Waals surface area (Å²) >= 11 is 0. The number of aliphatic carboxylic acids is 1. The number of carboxylic acids is 1. The molecule has 0 aromatic carbocycles. The Morgan fingerprint density at radius 2 is 1.79 bits per heavy atom. The highest BCUT2D eigenvalue weighted by atomic mass is 16.5. The monoisotopic (exact) mass is 399 g/mol. The first-order chi connectivity index (χ1) is 13.0. The maximum Gasteiger partial charge on any atom is 0.311 e. The molecule has 0 saturated heterocycles. The van der Waals surface area contributed by atoms with Crippen LogP contribution >= 0.6 is 0 Å². The van der Waals surface area contributed by atoms with Crippen LogP contribution in [0.3, 0.4) is 0 Å². The predicted octanol–water partition coefficient (Wildman–Crippen LogP) is 1.62. The lowest BCUT2D eigenvalue weighted by molar-refractivity contribution is -0.149. The van der Waals surface area contributed by atoms with Crippen molar-refractivity contribution in [2.24, 2.45) is 28.2 Å². The van der Waals surface area contributed by atoms with Crippen LogP contribution in [0.15, 0.2) is 17.6 Å². The van der Waals surface area contributed by atoms with Crippen LogP contribution in [0.25, 0.3) is 0 Å². The van der Waals surface area contributed by atoms with Crippen molar-refractivity contribution in [1.29, 1.82) is 0 Å². The smallest absolute Gasteiger partial charge is 0.311 e. The zero-order valence-corrected chi connectivity index (χ0v) is 17.5. The Labute approximate surface area is 166 Å². The summed E-state index contributed by atoms with van der Waals surface area (Å²) in [5.74, 6) is -3.92. The van der Waals surface area contributed by atoms with Crippen LogP contribution in [-0.4, -0.2) is 54.2 Å². The van der Waals surface area contributed by atoms with Crippen molar-refractivity contribution in [3.63, 3.8) is 0 Å². The number of carbonyl (C=O) groups excluding carboxylic acids is 2. The van der Waals surface area contributed by atoms with Gasteiger partial charge in [-0.3, -0.25) is 24.6 Å². The van der Waals surface area contributed by atoms with Gasteiger partial charge in [-0.1, -0.05) is 19.9 Å². The van der Waals surface area contributed by atoms with E-state index in [0.717, 1.165) is 0 Å². The summed E-state index contributed by atoms with van der Waals surface area (Å²) in [6.07, 6.45) is 2.01. The van der Waals surface area contributed by atoms with Crippen LogP contribution in [-0.2, 0) is 19.1 Å². The van der Waals surface area contributed by atoms with Gasteiger partial charge in [0.05, 0.1) is 24.4 Å². The van der Waals surface area contributed by atoms with Crippen LogP contribution in [0.5, 0.6) is 0 Å². The van der Waals surface area contributed by atoms with E-state index in [4.69, 9.17) is 9.94 Å². The number of hydrogen-bond donors (Lipinski definition) is 4. The average Bonchev–Trinajstić information content (AvgIpc) is 2.63. The first kappa shape index (κ1) is 25.6. The summed E-state index contributed by atoms with van der Waals surface area (Å²) in [7, 11) is 2.77. The third-order valence-corrected chi connectivity index (χ3v) is 4.65. The highest BCUT2D eigenvalue weighted by Crippen LogP contribution is 2.28. The lowest BCUT2D eigenvalue weighted by Crippen LogP contribution is -2.56. The van der Waals surface area contributed by atoms with Gasteiger partial charge in [-0.25, -0.2) is 5.48 Å². The lowest BCUT2D eigenvalue weighted by Gasteiger charge is -2.33. The average molecular weight is 399 g/mol. The molecule has 4 N–H and O–H groups in total. The molecule has 0 aliphatic carbocycles. The molecule has 0 heterocycles. The number of carboxylic acid groups (broad SMARTS) is 1.